The topological polar surface area (TPSA) is 43.9 Å². The van der Waals surface area contributed by atoms with E-state index in [4.69, 9.17) is 14.4 Å². The third-order valence-electron chi connectivity index (χ3n) is 10.6. The number of para-hydroxylation sites is 2. The van der Waals surface area contributed by atoms with Crippen molar-refractivity contribution in [2.75, 3.05) is 0 Å². The lowest BCUT2D eigenvalue weighted by Gasteiger charge is -2.15. The summed E-state index contributed by atoms with van der Waals surface area (Å²) in [4.78, 5) is 10.9. The summed E-state index contributed by atoms with van der Waals surface area (Å²) in [6.45, 7) is 0. The summed E-state index contributed by atoms with van der Waals surface area (Å²) in [6, 6.07) is 54.0. The van der Waals surface area contributed by atoms with Crippen LogP contribution in [0.25, 0.3) is 114 Å². The number of hydrogen-bond acceptors (Lipinski definition) is 4. The largest absolute Gasteiger partial charge is 0.436 e. The molecule has 0 amide bonds. The van der Waals surface area contributed by atoms with Gasteiger partial charge in [-0.3, -0.25) is 4.57 Å². The van der Waals surface area contributed by atoms with Gasteiger partial charge in [-0.2, -0.15) is 0 Å². The Bertz CT molecular complexity index is 3430. The third-order valence-corrected chi connectivity index (χ3v) is 11.9. The zero-order valence-electron chi connectivity index (χ0n) is 27.1. The van der Waals surface area contributed by atoms with Gasteiger partial charge in [-0.15, -0.1) is 11.3 Å². The Morgan fingerprint density at radius 2 is 1.14 bits per heavy atom. The van der Waals surface area contributed by atoms with Crippen LogP contribution in [0.1, 0.15) is 0 Å². The van der Waals surface area contributed by atoms with Crippen molar-refractivity contribution >= 4 is 108 Å². The fourth-order valence-corrected chi connectivity index (χ4v) is 9.78. The van der Waals surface area contributed by atoms with Crippen molar-refractivity contribution in [1.29, 1.82) is 0 Å². The van der Waals surface area contributed by atoms with Crippen LogP contribution >= 0.6 is 11.3 Å². The molecule has 0 fully saturated rings. The SMILES string of the molecule is c1ccc2c(-c3nc4oc5ccccc5c4nc3-n3c4ccccc4c4c5c6ccc7ccccc7c6sc5c5ccccc5c43)cccc2c1. The Kier molecular flexibility index (Phi) is 5.35. The van der Waals surface area contributed by atoms with Gasteiger partial charge in [0.2, 0.25) is 5.71 Å². The second-order valence-corrected chi connectivity index (χ2v) is 14.3. The Morgan fingerprint density at radius 1 is 0.471 bits per heavy atom. The minimum atomic E-state index is 0.534. The van der Waals surface area contributed by atoms with Gasteiger partial charge in [0.1, 0.15) is 16.8 Å². The van der Waals surface area contributed by atoms with E-state index in [9.17, 15) is 0 Å². The summed E-state index contributed by atoms with van der Waals surface area (Å²) in [7, 11) is 0. The smallest absolute Gasteiger partial charge is 0.247 e. The molecule has 0 aliphatic carbocycles. The van der Waals surface area contributed by atoms with Crippen molar-refractivity contribution in [1.82, 2.24) is 14.5 Å². The fraction of sp³-hybridized carbons (Fsp3) is 0. The van der Waals surface area contributed by atoms with E-state index in [2.05, 4.69) is 138 Å². The molecule has 12 aromatic rings. The monoisotopic (exact) mass is 667 g/mol. The van der Waals surface area contributed by atoms with E-state index in [0.717, 1.165) is 55.4 Å². The number of fused-ring (bicyclic) bond motifs is 16. The van der Waals surface area contributed by atoms with Gasteiger partial charge in [0.25, 0.3) is 0 Å². The highest BCUT2D eigenvalue weighted by Crippen LogP contribution is 2.50. The van der Waals surface area contributed by atoms with Gasteiger partial charge in [0, 0.05) is 52.7 Å². The molecule has 4 nitrogen and oxygen atoms in total. The van der Waals surface area contributed by atoms with Gasteiger partial charge in [-0.25, -0.2) is 9.97 Å². The minimum Gasteiger partial charge on any atom is -0.436 e. The first kappa shape index (κ1) is 27.3. The van der Waals surface area contributed by atoms with Crippen LogP contribution in [0.4, 0.5) is 0 Å². The van der Waals surface area contributed by atoms with Crippen molar-refractivity contribution in [2.24, 2.45) is 0 Å². The van der Waals surface area contributed by atoms with Crippen LogP contribution in [-0.2, 0) is 0 Å². The van der Waals surface area contributed by atoms with Crippen molar-refractivity contribution in [3.05, 3.63) is 152 Å². The van der Waals surface area contributed by atoms with Gasteiger partial charge >= 0.3 is 0 Å². The van der Waals surface area contributed by atoms with E-state index >= 15 is 0 Å². The van der Waals surface area contributed by atoms with Gasteiger partial charge in [-0.1, -0.05) is 133 Å². The number of rotatable bonds is 2. The first-order chi connectivity index (χ1) is 25.3. The highest BCUT2D eigenvalue weighted by atomic mass is 32.1. The van der Waals surface area contributed by atoms with Crippen molar-refractivity contribution in [2.45, 2.75) is 0 Å². The Morgan fingerprint density at radius 3 is 2.00 bits per heavy atom. The second kappa shape index (κ2) is 10.0. The second-order valence-electron chi connectivity index (χ2n) is 13.3. The van der Waals surface area contributed by atoms with Gasteiger partial charge in [-0.05, 0) is 39.7 Å². The van der Waals surface area contributed by atoms with E-state index in [0.29, 0.717) is 5.71 Å². The zero-order chi connectivity index (χ0) is 33.2. The average molecular weight is 668 g/mol. The number of aromatic nitrogens is 3. The molecule has 51 heavy (non-hydrogen) atoms. The summed E-state index contributed by atoms with van der Waals surface area (Å²) in [5.74, 6) is 0.783. The molecule has 0 N–H and O–H groups in total. The fourth-order valence-electron chi connectivity index (χ4n) is 8.40. The first-order valence-electron chi connectivity index (χ1n) is 17.2. The van der Waals surface area contributed by atoms with Crippen molar-refractivity contribution < 1.29 is 4.42 Å². The van der Waals surface area contributed by atoms with Gasteiger partial charge in [0.05, 0.1) is 11.0 Å². The van der Waals surface area contributed by atoms with Gasteiger partial charge in [0.15, 0.2) is 5.82 Å². The standard InChI is InChI=1S/C46H25N3OS/c1-3-15-28-26(12-1)14-11-21-30(28)40-45(47-41-34-20-8-10-23-37(34)50-46(41)48-40)49-36-22-9-7-19-33(36)38-39-35-25-24-27-13-2-4-16-29(27)43(35)51-44(39)32-18-6-5-17-31(32)42(38)49/h1-25H. The molecule has 0 spiro atoms. The van der Waals surface area contributed by atoms with E-state index in [-0.39, 0.29) is 0 Å². The molecule has 12 rings (SSSR count). The lowest BCUT2D eigenvalue weighted by atomic mass is 9.98. The van der Waals surface area contributed by atoms with Crippen LogP contribution in [0.2, 0.25) is 0 Å². The van der Waals surface area contributed by atoms with Gasteiger partial charge < -0.3 is 4.42 Å². The maximum atomic E-state index is 6.39. The summed E-state index contributed by atoms with van der Waals surface area (Å²) < 4.78 is 11.4. The van der Waals surface area contributed by atoms with E-state index in [1.807, 2.05) is 29.5 Å². The lowest BCUT2D eigenvalue weighted by molar-refractivity contribution is 0.653. The number of benzene rings is 8. The molecule has 0 bridgehead atoms. The van der Waals surface area contributed by atoms with Crippen LogP contribution < -0.4 is 0 Å². The van der Waals surface area contributed by atoms with Crippen molar-refractivity contribution in [3.8, 4) is 17.1 Å². The molecule has 4 aromatic heterocycles. The Hall–Kier alpha value is -6.56. The molecular formula is C46H25N3OS. The molecule has 236 valence electrons. The lowest BCUT2D eigenvalue weighted by Crippen LogP contribution is -2.03. The molecule has 4 heterocycles. The number of thiophene rings is 1. The van der Waals surface area contributed by atoms with E-state index in [1.165, 1.54) is 52.5 Å². The van der Waals surface area contributed by atoms with Crippen LogP contribution in [0.3, 0.4) is 0 Å². The summed E-state index contributed by atoms with van der Waals surface area (Å²) >= 11 is 1.91. The third kappa shape index (κ3) is 3.63. The van der Waals surface area contributed by atoms with E-state index < -0.39 is 0 Å². The van der Waals surface area contributed by atoms with Crippen LogP contribution in [0.15, 0.2) is 156 Å². The number of hydrogen-bond donors (Lipinski definition) is 0. The summed E-state index contributed by atoms with van der Waals surface area (Å²) in [6.07, 6.45) is 0. The molecule has 0 atom stereocenters. The van der Waals surface area contributed by atoms with Crippen LogP contribution in [0, 0.1) is 0 Å². The highest BCUT2D eigenvalue weighted by molar-refractivity contribution is 7.27. The maximum Gasteiger partial charge on any atom is 0.247 e. The molecule has 0 saturated heterocycles. The average Bonchev–Trinajstić information content (AvgIpc) is 3.87. The zero-order valence-corrected chi connectivity index (χ0v) is 27.9. The molecule has 0 aliphatic heterocycles. The van der Waals surface area contributed by atoms with Crippen LogP contribution in [-0.4, -0.2) is 14.5 Å². The molecule has 0 radical (unpaired) electrons. The summed E-state index contributed by atoms with van der Waals surface area (Å²) in [5, 5.41) is 13.2. The minimum absolute atomic E-state index is 0.534. The normalized spacial score (nSPS) is 12.3. The van der Waals surface area contributed by atoms with Crippen molar-refractivity contribution in [3.63, 3.8) is 0 Å². The Labute approximate surface area is 294 Å². The first-order valence-corrected chi connectivity index (χ1v) is 18.0. The predicted molar refractivity (Wildman–Crippen MR) is 214 cm³/mol. The molecule has 5 heteroatoms. The van der Waals surface area contributed by atoms with Crippen LogP contribution in [0.5, 0.6) is 0 Å². The predicted octanol–water partition coefficient (Wildman–Crippen LogP) is 13.0. The highest BCUT2D eigenvalue weighted by Gasteiger charge is 2.26. The number of nitrogens with zero attached hydrogens (tertiary/aromatic N) is 3. The Balaban J connectivity index is 1.34. The number of furan rings is 1. The maximum absolute atomic E-state index is 6.39. The molecule has 0 saturated carbocycles. The molecular weight excluding hydrogens is 643 g/mol. The van der Waals surface area contributed by atoms with E-state index in [1.54, 1.807) is 0 Å². The molecule has 8 aromatic carbocycles. The molecule has 0 unspecified atom stereocenters. The molecule has 0 aliphatic rings. The summed E-state index contributed by atoms with van der Waals surface area (Å²) in [5.41, 5.74) is 6.09. The quantitative estimate of drug-likeness (QED) is 0.184.